The zero-order valence-electron chi connectivity index (χ0n) is 15.8. The highest BCUT2D eigenvalue weighted by Gasteiger charge is 2.23. The lowest BCUT2D eigenvalue weighted by atomic mass is 10.1. The molecule has 0 amide bonds. The normalized spacial score (nSPS) is 14.7. The van der Waals surface area contributed by atoms with E-state index in [4.69, 9.17) is 10.5 Å². The third kappa shape index (κ3) is 4.27. The minimum absolute atomic E-state index is 0. The van der Waals surface area contributed by atoms with Gasteiger partial charge in [0.1, 0.15) is 17.6 Å². The second-order valence-corrected chi connectivity index (χ2v) is 6.83. The summed E-state index contributed by atoms with van der Waals surface area (Å²) in [5.41, 5.74) is 9.24. The van der Waals surface area contributed by atoms with Gasteiger partial charge >= 0.3 is 5.95 Å². The molecule has 148 valence electrons. The largest absolute Gasteiger partial charge is 1.00 e. The van der Waals surface area contributed by atoms with Crippen molar-refractivity contribution in [2.45, 2.75) is 13.1 Å². The summed E-state index contributed by atoms with van der Waals surface area (Å²) in [6, 6.07) is 17.4. The van der Waals surface area contributed by atoms with Crippen LogP contribution in [0.2, 0.25) is 0 Å². The van der Waals surface area contributed by atoms with Gasteiger partial charge in [0.15, 0.2) is 5.78 Å². The van der Waals surface area contributed by atoms with Gasteiger partial charge in [-0.15, -0.1) is 0 Å². The lowest BCUT2D eigenvalue weighted by Crippen LogP contribution is -3.00. The number of hydrogen-bond acceptors (Lipinski definition) is 4. The topological polar surface area (TPSA) is 64.4 Å². The van der Waals surface area contributed by atoms with Gasteiger partial charge in [-0.05, 0) is 12.1 Å². The van der Waals surface area contributed by atoms with E-state index in [0.29, 0.717) is 11.5 Å². The standard InChI is InChI=1S/C21H24N4O2.BrH/c22-21-24(11-10-23-12-14-27-15-13-23)18-8-4-5-9-19(18)25(21)16-20(26)17-6-2-1-3-7-17;/h1-9,22H,10-16H2;1H. The Morgan fingerprint density at radius 3 is 2.43 bits per heavy atom. The molecule has 1 aliphatic rings. The van der Waals surface area contributed by atoms with E-state index in [9.17, 15) is 4.79 Å². The third-order valence-electron chi connectivity index (χ3n) is 5.16. The third-order valence-corrected chi connectivity index (χ3v) is 5.16. The molecule has 28 heavy (non-hydrogen) atoms. The summed E-state index contributed by atoms with van der Waals surface area (Å²) in [4.78, 5) is 15.1. The molecule has 6 nitrogen and oxygen atoms in total. The van der Waals surface area contributed by atoms with Gasteiger partial charge in [-0.25, -0.2) is 9.13 Å². The van der Waals surface area contributed by atoms with Crippen LogP contribution in [0.5, 0.6) is 0 Å². The summed E-state index contributed by atoms with van der Waals surface area (Å²) in [7, 11) is 0. The van der Waals surface area contributed by atoms with Crippen molar-refractivity contribution in [1.29, 1.82) is 0 Å². The molecule has 1 aromatic heterocycles. The summed E-state index contributed by atoms with van der Waals surface area (Å²) < 4.78 is 9.46. The number of halogens is 1. The van der Waals surface area contributed by atoms with Gasteiger partial charge in [0.2, 0.25) is 0 Å². The Bertz CT molecular complexity index is 936. The van der Waals surface area contributed by atoms with Crippen molar-refractivity contribution in [2.75, 3.05) is 38.6 Å². The molecule has 2 heterocycles. The van der Waals surface area contributed by atoms with Crippen LogP contribution in [0.1, 0.15) is 10.4 Å². The summed E-state index contributed by atoms with van der Waals surface area (Å²) in [5.74, 6) is 0.678. The van der Waals surface area contributed by atoms with Gasteiger partial charge in [-0.2, -0.15) is 0 Å². The highest BCUT2D eigenvalue weighted by Crippen LogP contribution is 2.17. The molecule has 3 aromatic rings. The van der Waals surface area contributed by atoms with Crippen molar-refractivity contribution in [2.24, 2.45) is 0 Å². The number of ketones is 1. The Morgan fingerprint density at radius 2 is 1.68 bits per heavy atom. The number of fused-ring (bicyclic) bond motifs is 1. The van der Waals surface area contributed by atoms with Gasteiger partial charge in [-0.3, -0.25) is 15.4 Å². The molecule has 1 saturated heterocycles. The lowest BCUT2D eigenvalue weighted by molar-refractivity contribution is -0.642. The van der Waals surface area contributed by atoms with Crippen LogP contribution in [-0.2, 0) is 17.8 Å². The van der Waals surface area contributed by atoms with Crippen LogP contribution in [0.25, 0.3) is 11.0 Å². The van der Waals surface area contributed by atoms with Crippen molar-refractivity contribution >= 4 is 22.8 Å². The molecule has 0 bridgehead atoms. The van der Waals surface area contributed by atoms with Crippen molar-refractivity contribution in [3.63, 3.8) is 0 Å². The zero-order valence-corrected chi connectivity index (χ0v) is 17.3. The number of hydrogen-bond donors (Lipinski definition) is 1. The van der Waals surface area contributed by atoms with Crippen LogP contribution in [-0.4, -0.2) is 48.1 Å². The smallest absolute Gasteiger partial charge is 0.356 e. The maximum Gasteiger partial charge on any atom is 0.356 e. The monoisotopic (exact) mass is 444 g/mol. The predicted molar refractivity (Wildman–Crippen MR) is 105 cm³/mol. The maximum atomic E-state index is 12.7. The number of nitrogens with two attached hydrogens (primary N) is 1. The van der Waals surface area contributed by atoms with E-state index >= 15 is 0 Å². The van der Waals surface area contributed by atoms with E-state index in [0.717, 1.165) is 50.4 Å². The molecule has 0 radical (unpaired) electrons. The Labute approximate surface area is 175 Å². The molecular formula is C21H25BrN4O2. The van der Waals surface area contributed by atoms with Crippen molar-refractivity contribution in [3.8, 4) is 0 Å². The summed E-state index contributed by atoms with van der Waals surface area (Å²) >= 11 is 0. The zero-order chi connectivity index (χ0) is 18.6. The van der Waals surface area contributed by atoms with Crippen LogP contribution >= 0.6 is 0 Å². The maximum absolute atomic E-state index is 12.7. The fourth-order valence-corrected chi connectivity index (χ4v) is 3.64. The first-order valence-electron chi connectivity index (χ1n) is 9.39. The fraction of sp³-hybridized carbons (Fsp3) is 0.333. The number of ether oxygens (including phenoxy) is 1. The van der Waals surface area contributed by atoms with E-state index < -0.39 is 0 Å². The van der Waals surface area contributed by atoms with Crippen LogP contribution in [0.15, 0.2) is 54.6 Å². The van der Waals surface area contributed by atoms with E-state index in [1.54, 1.807) is 0 Å². The molecule has 0 saturated carbocycles. The highest BCUT2D eigenvalue weighted by molar-refractivity contribution is 5.95. The Kier molecular flexibility index (Phi) is 6.83. The molecule has 2 N–H and O–H groups in total. The number of benzene rings is 2. The van der Waals surface area contributed by atoms with E-state index in [1.165, 1.54) is 0 Å². The fourth-order valence-electron chi connectivity index (χ4n) is 3.64. The molecule has 0 atom stereocenters. The average molecular weight is 445 g/mol. The minimum atomic E-state index is 0. The second-order valence-electron chi connectivity index (χ2n) is 6.83. The Hall–Kier alpha value is -2.22. The van der Waals surface area contributed by atoms with Gasteiger partial charge in [0.05, 0.1) is 19.8 Å². The Balaban J connectivity index is 0.00000225. The molecule has 0 spiro atoms. The number of nitrogen functional groups attached to an aromatic ring is 1. The average Bonchev–Trinajstić information content (AvgIpc) is 2.99. The van der Waals surface area contributed by atoms with Gasteiger partial charge in [0.25, 0.3) is 0 Å². The first-order valence-corrected chi connectivity index (χ1v) is 9.39. The number of Topliss-reactive ketones (excluding diaryl/α,β-unsaturated/α-hetero) is 1. The summed E-state index contributed by atoms with van der Waals surface area (Å²) in [5, 5.41) is 0. The summed E-state index contributed by atoms with van der Waals surface area (Å²) in [6.07, 6.45) is 0. The second kappa shape index (κ2) is 9.32. The quantitative estimate of drug-likeness (QED) is 0.380. The number of para-hydroxylation sites is 2. The number of rotatable bonds is 6. The predicted octanol–water partition coefficient (Wildman–Crippen LogP) is -1.27. The van der Waals surface area contributed by atoms with E-state index in [2.05, 4.69) is 15.5 Å². The van der Waals surface area contributed by atoms with Crippen LogP contribution in [0.3, 0.4) is 0 Å². The molecule has 2 aromatic carbocycles. The number of morpholine rings is 1. The van der Waals surface area contributed by atoms with Gasteiger partial charge < -0.3 is 21.7 Å². The number of anilines is 1. The van der Waals surface area contributed by atoms with Gasteiger partial charge in [-0.1, -0.05) is 42.5 Å². The molecule has 1 fully saturated rings. The van der Waals surface area contributed by atoms with Gasteiger partial charge in [0, 0.05) is 25.2 Å². The number of carbonyl (C=O) groups is 1. The van der Waals surface area contributed by atoms with Crippen molar-refractivity contribution < 1.29 is 31.1 Å². The van der Waals surface area contributed by atoms with Crippen molar-refractivity contribution in [1.82, 2.24) is 9.47 Å². The summed E-state index contributed by atoms with van der Waals surface area (Å²) in [6.45, 7) is 5.41. The first kappa shape index (κ1) is 20.5. The SMILES string of the molecule is Nc1n(CCN2CCOCC2)c2ccccc2[n+]1CC(=O)c1ccccc1.[Br-]. The Morgan fingerprint density at radius 1 is 1.00 bits per heavy atom. The number of carbonyl (C=O) groups excluding carboxylic acids is 1. The van der Waals surface area contributed by atoms with Crippen molar-refractivity contribution in [3.05, 3.63) is 60.2 Å². The minimum Gasteiger partial charge on any atom is -1.00 e. The highest BCUT2D eigenvalue weighted by atomic mass is 79.9. The first-order chi connectivity index (χ1) is 13.2. The molecule has 1 aliphatic heterocycles. The number of imidazole rings is 1. The van der Waals surface area contributed by atoms with E-state index in [1.807, 2.05) is 53.1 Å². The molecule has 0 unspecified atom stereocenters. The molecule has 7 heteroatoms. The molecule has 4 rings (SSSR count). The number of nitrogens with zero attached hydrogens (tertiary/aromatic N) is 3. The van der Waals surface area contributed by atoms with Crippen LogP contribution < -0.4 is 27.3 Å². The lowest BCUT2D eigenvalue weighted by Gasteiger charge is -2.25. The molecular weight excluding hydrogens is 420 g/mol. The van der Waals surface area contributed by atoms with Crippen LogP contribution in [0, 0.1) is 0 Å². The molecule has 0 aliphatic carbocycles. The van der Waals surface area contributed by atoms with E-state index in [-0.39, 0.29) is 29.3 Å². The van der Waals surface area contributed by atoms with Crippen LogP contribution in [0.4, 0.5) is 5.95 Å². The number of aromatic nitrogens is 2.